The third-order valence-electron chi connectivity index (χ3n) is 6.07. The van der Waals surface area contributed by atoms with Gasteiger partial charge in [-0.1, -0.05) is 0 Å². The third-order valence-corrected chi connectivity index (χ3v) is 8.37. The number of nitrogens with zero attached hydrogens (tertiary/aromatic N) is 1. The summed E-state index contributed by atoms with van der Waals surface area (Å²) < 4.78 is 12.7. The highest BCUT2D eigenvalue weighted by atomic mass is 32.2. The molecule has 3 aliphatic heterocycles. The number of hydrogen-bond donors (Lipinski definition) is 3. The van der Waals surface area contributed by atoms with Gasteiger partial charge in [0.05, 0.1) is 28.1 Å². The van der Waals surface area contributed by atoms with Crippen molar-refractivity contribution in [2.24, 2.45) is 0 Å². The van der Waals surface area contributed by atoms with Crippen molar-refractivity contribution in [1.29, 1.82) is 0 Å². The Labute approximate surface area is 190 Å². The molecule has 1 atom stereocenters. The summed E-state index contributed by atoms with van der Waals surface area (Å²) in [5, 5.41) is 6.05. The van der Waals surface area contributed by atoms with Gasteiger partial charge >= 0.3 is 0 Å². The van der Waals surface area contributed by atoms with Gasteiger partial charge in [-0.05, 0) is 36.5 Å². The van der Waals surface area contributed by atoms with Gasteiger partial charge in [-0.2, -0.15) is 11.8 Å². The molecule has 3 aromatic rings. The highest BCUT2D eigenvalue weighted by molar-refractivity contribution is 8.00. The van der Waals surface area contributed by atoms with Gasteiger partial charge in [-0.3, -0.25) is 24.2 Å². The zero-order valence-corrected chi connectivity index (χ0v) is 18.6. The zero-order chi connectivity index (χ0) is 21.8. The van der Waals surface area contributed by atoms with Crippen LogP contribution >= 0.6 is 23.5 Å². The Balaban J connectivity index is 1.50. The summed E-state index contributed by atoms with van der Waals surface area (Å²) in [6, 6.07) is 5.45. The summed E-state index contributed by atoms with van der Waals surface area (Å²) in [5.41, 5.74) is 0.909. The van der Waals surface area contributed by atoms with Gasteiger partial charge in [0.2, 0.25) is 12.7 Å². The van der Waals surface area contributed by atoms with Crippen LogP contribution in [0.4, 0.5) is 5.82 Å². The maximum atomic E-state index is 13.1. The number of amides is 1. The Morgan fingerprint density at radius 3 is 2.59 bits per heavy atom. The standard InChI is InChI=1S/C21H20N4O5S2/c26-16-8-32-18(17-19(23-16)25(24-21(17)28)11-1-3-31-4-2-11)12-5-10-6-14-15(30-9-29-14)7-13(10)22-20(12)27/h5-7,11,18H,1-4,8-9H2,(H,22,27)(H,23,26)(H,24,28)/t18-/m0/s1. The van der Waals surface area contributed by atoms with Crippen LogP contribution in [-0.2, 0) is 4.79 Å². The molecule has 0 radical (unpaired) electrons. The number of thioether (sulfide) groups is 2. The molecule has 1 fully saturated rings. The zero-order valence-electron chi connectivity index (χ0n) is 16.9. The number of carbonyl (C=O) groups excluding carboxylic acids is 1. The minimum atomic E-state index is -0.578. The van der Waals surface area contributed by atoms with Gasteiger partial charge in [0.1, 0.15) is 5.82 Å². The van der Waals surface area contributed by atoms with Crippen LogP contribution in [-0.4, -0.2) is 44.7 Å². The van der Waals surface area contributed by atoms with Gasteiger partial charge in [0.25, 0.3) is 11.1 Å². The van der Waals surface area contributed by atoms with Crippen LogP contribution in [0.2, 0.25) is 0 Å². The van der Waals surface area contributed by atoms with Crippen molar-refractivity contribution in [2.75, 3.05) is 29.4 Å². The monoisotopic (exact) mass is 472 g/mol. The molecule has 166 valence electrons. The van der Waals surface area contributed by atoms with E-state index in [1.165, 1.54) is 11.8 Å². The minimum Gasteiger partial charge on any atom is -0.454 e. The number of anilines is 1. The van der Waals surface area contributed by atoms with Crippen LogP contribution in [0.15, 0.2) is 27.8 Å². The van der Waals surface area contributed by atoms with Crippen LogP contribution in [0.5, 0.6) is 11.5 Å². The van der Waals surface area contributed by atoms with Crippen molar-refractivity contribution in [3.8, 4) is 11.5 Å². The van der Waals surface area contributed by atoms with E-state index in [9.17, 15) is 14.4 Å². The number of fused-ring (bicyclic) bond motifs is 3. The van der Waals surface area contributed by atoms with Crippen molar-refractivity contribution in [3.63, 3.8) is 0 Å². The quantitative estimate of drug-likeness (QED) is 0.525. The Morgan fingerprint density at radius 1 is 1.00 bits per heavy atom. The molecule has 0 saturated carbocycles. The number of aromatic nitrogens is 3. The van der Waals surface area contributed by atoms with E-state index in [0.29, 0.717) is 34.0 Å². The Kier molecular flexibility index (Phi) is 4.76. The average Bonchev–Trinajstić information content (AvgIpc) is 3.32. The van der Waals surface area contributed by atoms with Gasteiger partial charge < -0.3 is 19.8 Å². The maximum absolute atomic E-state index is 13.1. The largest absolute Gasteiger partial charge is 0.454 e. The summed E-state index contributed by atoms with van der Waals surface area (Å²) in [6.45, 7) is 0.140. The van der Waals surface area contributed by atoms with E-state index >= 15 is 0 Å². The molecule has 3 N–H and O–H groups in total. The number of benzene rings is 1. The first-order chi connectivity index (χ1) is 15.6. The second-order valence-corrected chi connectivity index (χ2v) is 10.3. The van der Waals surface area contributed by atoms with E-state index in [2.05, 4.69) is 15.4 Å². The predicted molar refractivity (Wildman–Crippen MR) is 124 cm³/mol. The first-order valence-electron chi connectivity index (χ1n) is 10.4. The first-order valence-corrected chi connectivity index (χ1v) is 12.6. The molecule has 5 heterocycles. The summed E-state index contributed by atoms with van der Waals surface area (Å²) in [4.78, 5) is 41.6. The number of pyridine rings is 1. The highest BCUT2D eigenvalue weighted by Gasteiger charge is 2.34. The molecule has 1 amide bonds. The second-order valence-electron chi connectivity index (χ2n) is 8.00. The van der Waals surface area contributed by atoms with Gasteiger partial charge in [0.15, 0.2) is 11.5 Å². The molecular formula is C21H20N4O5S2. The number of aromatic amines is 2. The molecule has 0 aliphatic carbocycles. The van der Waals surface area contributed by atoms with Gasteiger partial charge in [0, 0.05) is 17.0 Å². The molecule has 1 aromatic carbocycles. The van der Waals surface area contributed by atoms with Crippen LogP contribution in [0.3, 0.4) is 0 Å². The molecule has 3 aliphatic rings. The van der Waals surface area contributed by atoms with Crippen LogP contribution in [0.25, 0.3) is 10.9 Å². The second kappa shape index (κ2) is 7.66. The van der Waals surface area contributed by atoms with E-state index in [0.717, 1.165) is 29.7 Å². The lowest BCUT2D eigenvalue weighted by atomic mass is 10.0. The number of H-pyrrole nitrogens is 2. The van der Waals surface area contributed by atoms with Crippen molar-refractivity contribution in [2.45, 2.75) is 24.1 Å². The van der Waals surface area contributed by atoms with Gasteiger partial charge in [-0.15, -0.1) is 11.8 Å². The number of nitrogens with one attached hydrogen (secondary N) is 3. The fourth-order valence-electron chi connectivity index (χ4n) is 4.51. The minimum absolute atomic E-state index is 0.117. The summed E-state index contributed by atoms with van der Waals surface area (Å²) in [6.07, 6.45) is 1.83. The number of rotatable bonds is 2. The number of carbonyl (C=O) groups is 1. The fourth-order valence-corrected chi connectivity index (χ4v) is 6.73. The molecule has 9 nitrogen and oxygen atoms in total. The summed E-state index contributed by atoms with van der Waals surface area (Å²) in [7, 11) is 0. The van der Waals surface area contributed by atoms with Crippen molar-refractivity contribution in [3.05, 3.63) is 50.0 Å². The fraction of sp³-hybridized carbons (Fsp3) is 0.381. The first kappa shape index (κ1) is 19.9. The Hall–Kier alpha value is -2.79. The molecular weight excluding hydrogens is 452 g/mol. The topological polar surface area (TPSA) is 118 Å². The molecule has 0 bridgehead atoms. The normalized spacial score (nSPS) is 20.8. The maximum Gasteiger partial charge on any atom is 0.270 e. The summed E-state index contributed by atoms with van der Waals surface area (Å²) >= 11 is 3.17. The molecule has 1 saturated heterocycles. The van der Waals surface area contributed by atoms with E-state index in [-0.39, 0.29) is 35.6 Å². The van der Waals surface area contributed by atoms with E-state index in [1.54, 1.807) is 12.1 Å². The summed E-state index contributed by atoms with van der Waals surface area (Å²) in [5.74, 6) is 3.66. The predicted octanol–water partition coefficient (Wildman–Crippen LogP) is 2.59. The van der Waals surface area contributed by atoms with Gasteiger partial charge in [-0.25, -0.2) is 0 Å². The lowest BCUT2D eigenvalue weighted by molar-refractivity contribution is -0.113. The van der Waals surface area contributed by atoms with Crippen LogP contribution in [0, 0.1) is 0 Å². The highest BCUT2D eigenvalue weighted by Crippen LogP contribution is 2.42. The Bertz CT molecular complexity index is 1350. The molecule has 32 heavy (non-hydrogen) atoms. The lowest BCUT2D eigenvalue weighted by Crippen LogP contribution is -2.22. The molecule has 11 heteroatoms. The van der Waals surface area contributed by atoms with Crippen molar-refractivity contribution in [1.82, 2.24) is 14.8 Å². The number of ether oxygens (including phenoxy) is 2. The van der Waals surface area contributed by atoms with E-state index < -0.39 is 5.25 Å². The van der Waals surface area contributed by atoms with Crippen molar-refractivity contribution >= 4 is 46.2 Å². The van der Waals surface area contributed by atoms with Crippen molar-refractivity contribution < 1.29 is 14.3 Å². The molecule has 0 unspecified atom stereocenters. The van der Waals surface area contributed by atoms with Crippen LogP contribution < -0.4 is 25.9 Å². The third kappa shape index (κ3) is 3.22. The molecule has 0 spiro atoms. The van der Waals surface area contributed by atoms with Crippen LogP contribution in [0.1, 0.15) is 35.3 Å². The number of hydrogen-bond acceptors (Lipinski definition) is 7. The SMILES string of the molecule is O=C1CS[C@@H](c2cc3cc4c(cc3[nH]c2=O)OCO4)c2c(n(C3CCSCC3)[nH]c2=O)N1. The Morgan fingerprint density at radius 2 is 1.78 bits per heavy atom. The smallest absolute Gasteiger partial charge is 0.270 e. The van der Waals surface area contributed by atoms with E-state index in [4.69, 9.17) is 9.47 Å². The average molecular weight is 473 g/mol. The lowest BCUT2D eigenvalue weighted by Gasteiger charge is -2.24. The molecule has 2 aromatic heterocycles. The molecule has 6 rings (SSSR count). The van der Waals surface area contributed by atoms with E-state index in [1.807, 2.05) is 22.5 Å².